The second-order valence-electron chi connectivity index (χ2n) is 4.51. The third kappa shape index (κ3) is 3.73. The minimum absolute atomic E-state index is 0.293. The average molecular weight is 338 g/mol. The van der Waals surface area contributed by atoms with Crippen LogP contribution in [0.3, 0.4) is 0 Å². The van der Waals surface area contributed by atoms with Crippen molar-refractivity contribution < 1.29 is 9.13 Å². The average Bonchev–Trinajstić information content (AvgIpc) is 2.42. The number of rotatable bonds is 5. The van der Waals surface area contributed by atoms with Gasteiger partial charge in [0.05, 0.1) is 12.3 Å². The van der Waals surface area contributed by atoms with E-state index in [1.54, 1.807) is 6.07 Å². The largest absolute Gasteiger partial charge is 0.492 e. The van der Waals surface area contributed by atoms with Crippen LogP contribution in [0, 0.1) is 12.7 Å². The van der Waals surface area contributed by atoms with Gasteiger partial charge < -0.3 is 10.1 Å². The topological polar surface area (TPSA) is 21.3 Å². The van der Waals surface area contributed by atoms with E-state index in [0.29, 0.717) is 18.9 Å². The molecule has 0 unspecified atom stereocenters. The number of ether oxygens (including phenoxy) is 1. The van der Waals surface area contributed by atoms with Crippen LogP contribution in [0.5, 0.6) is 5.75 Å². The Hall–Kier alpha value is -1.55. The summed E-state index contributed by atoms with van der Waals surface area (Å²) >= 11 is 3.48. The number of nitrogens with one attached hydrogen (secondary N) is 1. The zero-order chi connectivity index (χ0) is 14.5. The minimum Gasteiger partial charge on any atom is -0.492 e. The number of anilines is 1. The second-order valence-corrected chi connectivity index (χ2v) is 5.36. The van der Waals surface area contributed by atoms with Gasteiger partial charge in [0, 0.05) is 17.1 Å². The first-order valence-corrected chi connectivity index (χ1v) is 7.30. The number of benzene rings is 2. The summed E-state index contributed by atoms with van der Waals surface area (Å²) in [4.78, 5) is 0. The molecule has 0 spiro atoms. The Labute approximate surface area is 127 Å². The zero-order valence-electron chi connectivity index (χ0n) is 11.5. The molecule has 0 radical (unpaired) electrons. The molecule has 0 amide bonds. The SMILES string of the molecule is CCOc1cc(F)ccc1NCc1ccc(Br)c(C)c1. The maximum absolute atomic E-state index is 13.2. The highest BCUT2D eigenvalue weighted by atomic mass is 79.9. The lowest BCUT2D eigenvalue weighted by Gasteiger charge is -2.13. The van der Waals surface area contributed by atoms with Crippen molar-refractivity contribution in [3.63, 3.8) is 0 Å². The van der Waals surface area contributed by atoms with E-state index in [4.69, 9.17) is 4.74 Å². The molecule has 0 aliphatic carbocycles. The molecule has 0 aromatic heterocycles. The van der Waals surface area contributed by atoms with E-state index in [1.807, 2.05) is 19.1 Å². The van der Waals surface area contributed by atoms with Gasteiger partial charge in [-0.1, -0.05) is 28.1 Å². The Morgan fingerprint density at radius 1 is 1.20 bits per heavy atom. The van der Waals surface area contributed by atoms with Crippen molar-refractivity contribution in [1.82, 2.24) is 0 Å². The van der Waals surface area contributed by atoms with E-state index < -0.39 is 0 Å². The highest BCUT2D eigenvalue weighted by Gasteiger charge is 2.05. The van der Waals surface area contributed by atoms with E-state index in [1.165, 1.54) is 17.7 Å². The van der Waals surface area contributed by atoms with Crippen molar-refractivity contribution in [3.05, 3.63) is 57.8 Å². The van der Waals surface area contributed by atoms with Gasteiger partial charge in [-0.25, -0.2) is 4.39 Å². The summed E-state index contributed by atoms with van der Waals surface area (Å²) in [7, 11) is 0. The van der Waals surface area contributed by atoms with Crippen molar-refractivity contribution in [1.29, 1.82) is 0 Å². The van der Waals surface area contributed by atoms with Crippen LogP contribution in [0.25, 0.3) is 0 Å². The van der Waals surface area contributed by atoms with Gasteiger partial charge in [-0.05, 0) is 43.2 Å². The molecular weight excluding hydrogens is 321 g/mol. The van der Waals surface area contributed by atoms with Crippen molar-refractivity contribution in [2.45, 2.75) is 20.4 Å². The molecule has 2 aromatic rings. The molecular formula is C16H17BrFNO. The lowest BCUT2D eigenvalue weighted by molar-refractivity contribution is 0.340. The van der Waals surface area contributed by atoms with Crippen LogP contribution in [0.1, 0.15) is 18.1 Å². The van der Waals surface area contributed by atoms with Gasteiger partial charge in [0.1, 0.15) is 11.6 Å². The molecule has 0 saturated heterocycles. The number of hydrogen-bond donors (Lipinski definition) is 1. The molecule has 106 valence electrons. The molecule has 0 saturated carbocycles. The number of halogens is 2. The number of hydrogen-bond acceptors (Lipinski definition) is 2. The molecule has 0 heterocycles. The monoisotopic (exact) mass is 337 g/mol. The Balaban J connectivity index is 2.11. The van der Waals surface area contributed by atoms with Crippen LogP contribution >= 0.6 is 15.9 Å². The minimum atomic E-state index is -0.293. The molecule has 0 fully saturated rings. The maximum atomic E-state index is 13.2. The van der Waals surface area contributed by atoms with Crippen molar-refractivity contribution in [2.24, 2.45) is 0 Å². The Morgan fingerprint density at radius 3 is 2.70 bits per heavy atom. The first-order valence-electron chi connectivity index (χ1n) is 6.51. The third-order valence-corrected chi connectivity index (χ3v) is 3.84. The van der Waals surface area contributed by atoms with Crippen LogP contribution in [0.15, 0.2) is 40.9 Å². The Bertz CT molecular complexity index is 601. The van der Waals surface area contributed by atoms with Gasteiger partial charge in [-0.15, -0.1) is 0 Å². The summed E-state index contributed by atoms with van der Waals surface area (Å²) in [5, 5.41) is 3.28. The van der Waals surface area contributed by atoms with Crippen molar-refractivity contribution in [3.8, 4) is 5.75 Å². The normalized spacial score (nSPS) is 10.4. The van der Waals surface area contributed by atoms with Gasteiger partial charge in [0.25, 0.3) is 0 Å². The van der Waals surface area contributed by atoms with E-state index >= 15 is 0 Å². The summed E-state index contributed by atoms with van der Waals surface area (Å²) in [5.41, 5.74) is 3.15. The molecule has 0 atom stereocenters. The smallest absolute Gasteiger partial charge is 0.145 e. The van der Waals surface area contributed by atoms with Crippen molar-refractivity contribution in [2.75, 3.05) is 11.9 Å². The highest BCUT2D eigenvalue weighted by molar-refractivity contribution is 9.10. The first kappa shape index (κ1) is 14.9. The van der Waals surface area contributed by atoms with Crippen LogP contribution in [-0.4, -0.2) is 6.61 Å². The van der Waals surface area contributed by atoms with E-state index in [-0.39, 0.29) is 5.82 Å². The van der Waals surface area contributed by atoms with E-state index in [0.717, 1.165) is 15.7 Å². The lowest BCUT2D eigenvalue weighted by Crippen LogP contribution is -2.03. The molecule has 20 heavy (non-hydrogen) atoms. The van der Waals surface area contributed by atoms with E-state index in [9.17, 15) is 4.39 Å². The molecule has 4 heteroatoms. The number of aryl methyl sites for hydroxylation is 1. The van der Waals surface area contributed by atoms with Gasteiger partial charge >= 0.3 is 0 Å². The highest BCUT2D eigenvalue weighted by Crippen LogP contribution is 2.26. The van der Waals surface area contributed by atoms with Crippen LogP contribution < -0.4 is 10.1 Å². The fourth-order valence-corrected chi connectivity index (χ4v) is 2.18. The quantitative estimate of drug-likeness (QED) is 0.837. The van der Waals surface area contributed by atoms with Crippen LogP contribution in [0.2, 0.25) is 0 Å². The molecule has 0 aliphatic heterocycles. The molecule has 2 aromatic carbocycles. The van der Waals surface area contributed by atoms with Crippen LogP contribution in [-0.2, 0) is 6.54 Å². The molecule has 2 nitrogen and oxygen atoms in total. The standard InChI is InChI=1S/C16H17BrFNO/c1-3-20-16-9-13(18)5-7-15(16)19-10-12-4-6-14(17)11(2)8-12/h4-9,19H,3,10H2,1-2H3. The molecule has 0 aliphatic rings. The predicted octanol–water partition coefficient (Wildman–Crippen LogP) is 4.91. The zero-order valence-corrected chi connectivity index (χ0v) is 13.1. The van der Waals surface area contributed by atoms with Gasteiger partial charge in [-0.2, -0.15) is 0 Å². The molecule has 0 bridgehead atoms. The summed E-state index contributed by atoms with van der Waals surface area (Å²) in [6.45, 7) is 5.11. The maximum Gasteiger partial charge on any atom is 0.145 e. The third-order valence-electron chi connectivity index (χ3n) is 2.95. The summed E-state index contributed by atoms with van der Waals surface area (Å²) in [6, 6.07) is 10.7. The summed E-state index contributed by atoms with van der Waals surface area (Å²) < 4.78 is 19.8. The first-order chi connectivity index (χ1) is 9.60. The predicted molar refractivity (Wildman–Crippen MR) is 83.8 cm³/mol. The lowest BCUT2D eigenvalue weighted by atomic mass is 10.1. The van der Waals surface area contributed by atoms with Crippen molar-refractivity contribution >= 4 is 21.6 Å². The fraction of sp³-hybridized carbons (Fsp3) is 0.250. The Morgan fingerprint density at radius 2 is 2.00 bits per heavy atom. The van der Waals surface area contributed by atoms with Crippen LogP contribution in [0.4, 0.5) is 10.1 Å². The van der Waals surface area contributed by atoms with Gasteiger partial charge in [0.15, 0.2) is 0 Å². The molecule has 2 rings (SSSR count). The second kappa shape index (κ2) is 6.75. The Kier molecular flexibility index (Phi) is 5.01. The fourth-order valence-electron chi connectivity index (χ4n) is 1.93. The van der Waals surface area contributed by atoms with E-state index in [2.05, 4.69) is 34.2 Å². The molecule has 1 N–H and O–H groups in total. The summed E-state index contributed by atoms with van der Waals surface area (Å²) in [6.07, 6.45) is 0. The summed E-state index contributed by atoms with van der Waals surface area (Å²) in [5.74, 6) is 0.250. The van der Waals surface area contributed by atoms with Gasteiger partial charge in [-0.3, -0.25) is 0 Å². The van der Waals surface area contributed by atoms with Gasteiger partial charge in [0.2, 0.25) is 0 Å².